The van der Waals surface area contributed by atoms with Crippen LogP contribution in [0.5, 0.6) is 0 Å². The van der Waals surface area contributed by atoms with Crippen molar-refractivity contribution in [2.24, 2.45) is 5.92 Å². The molecule has 0 aliphatic heterocycles. The predicted molar refractivity (Wildman–Crippen MR) is 48.2 cm³/mol. The molecule has 0 aliphatic rings. The summed E-state index contributed by atoms with van der Waals surface area (Å²) in [6, 6.07) is 1.69. The van der Waals surface area contributed by atoms with Gasteiger partial charge in [0.05, 0.1) is 0 Å². The summed E-state index contributed by atoms with van der Waals surface area (Å²) < 4.78 is 2.69. The van der Waals surface area contributed by atoms with Crippen LogP contribution in [-0.4, -0.2) is 4.37 Å². The number of H-pyrrole nitrogens is 1. The van der Waals surface area contributed by atoms with E-state index in [1.165, 1.54) is 11.5 Å². The summed E-state index contributed by atoms with van der Waals surface area (Å²) in [7, 11) is 0. The van der Waals surface area contributed by atoms with Gasteiger partial charge in [0, 0.05) is 10.9 Å². The molecule has 1 rings (SSSR count). The second-order valence-electron chi connectivity index (χ2n) is 3.15. The summed E-state index contributed by atoms with van der Waals surface area (Å²) in [6.07, 6.45) is 0. The zero-order valence-electron chi connectivity index (χ0n) is 7.05. The SMILES string of the molecule is CC(C)C(C)c1cc(=O)[nH]s1. The average molecular weight is 171 g/mol. The van der Waals surface area contributed by atoms with Gasteiger partial charge in [-0.3, -0.25) is 9.17 Å². The Morgan fingerprint density at radius 2 is 2.09 bits per heavy atom. The molecule has 3 heteroatoms. The van der Waals surface area contributed by atoms with E-state index in [9.17, 15) is 4.79 Å². The van der Waals surface area contributed by atoms with Crippen LogP contribution in [0.2, 0.25) is 0 Å². The van der Waals surface area contributed by atoms with Crippen molar-refractivity contribution in [1.82, 2.24) is 4.37 Å². The number of hydrogen-bond donors (Lipinski definition) is 1. The van der Waals surface area contributed by atoms with Gasteiger partial charge in [-0.05, 0) is 11.8 Å². The van der Waals surface area contributed by atoms with Gasteiger partial charge in [0.15, 0.2) is 0 Å². The highest BCUT2D eigenvalue weighted by molar-refractivity contribution is 7.05. The lowest BCUT2D eigenvalue weighted by Crippen LogP contribution is -2.00. The Hall–Kier alpha value is -0.570. The molecule has 0 radical (unpaired) electrons. The van der Waals surface area contributed by atoms with E-state index >= 15 is 0 Å². The smallest absolute Gasteiger partial charge is 0.258 e. The van der Waals surface area contributed by atoms with Gasteiger partial charge in [0.1, 0.15) is 0 Å². The van der Waals surface area contributed by atoms with E-state index in [4.69, 9.17) is 0 Å². The molecule has 1 N–H and O–H groups in total. The highest BCUT2D eigenvalue weighted by atomic mass is 32.1. The molecule has 0 aliphatic carbocycles. The Morgan fingerprint density at radius 3 is 2.45 bits per heavy atom. The molecule has 1 atom stereocenters. The Kier molecular flexibility index (Phi) is 2.49. The second-order valence-corrected chi connectivity index (χ2v) is 4.03. The van der Waals surface area contributed by atoms with Crippen LogP contribution in [0, 0.1) is 5.92 Å². The lowest BCUT2D eigenvalue weighted by molar-refractivity contribution is 0.542. The topological polar surface area (TPSA) is 32.9 Å². The first kappa shape index (κ1) is 8.53. The van der Waals surface area contributed by atoms with Crippen molar-refractivity contribution in [2.45, 2.75) is 26.7 Å². The predicted octanol–water partition coefficient (Wildman–Crippen LogP) is 2.20. The van der Waals surface area contributed by atoms with E-state index in [1.54, 1.807) is 6.07 Å². The minimum atomic E-state index is 0.0255. The molecule has 0 saturated carbocycles. The third-order valence-corrected chi connectivity index (χ3v) is 3.02. The van der Waals surface area contributed by atoms with E-state index in [1.807, 2.05) is 0 Å². The van der Waals surface area contributed by atoms with Crippen molar-refractivity contribution in [2.75, 3.05) is 0 Å². The third-order valence-electron chi connectivity index (χ3n) is 1.99. The minimum Gasteiger partial charge on any atom is -0.278 e. The monoisotopic (exact) mass is 171 g/mol. The van der Waals surface area contributed by atoms with Crippen molar-refractivity contribution in [3.63, 3.8) is 0 Å². The van der Waals surface area contributed by atoms with Gasteiger partial charge in [-0.15, -0.1) is 0 Å². The summed E-state index contributed by atoms with van der Waals surface area (Å²) in [4.78, 5) is 11.9. The first-order chi connectivity index (χ1) is 5.11. The van der Waals surface area contributed by atoms with E-state index in [0.717, 1.165) is 4.88 Å². The molecule has 0 amide bonds. The largest absolute Gasteiger partial charge is 0.278 e. The van der Waals surface area contributed by atoms with Gasteiger partial charge in [-0.1, -0.05) is 32.3 Å². The molecule has 0 aromatic carbocycles. The maximum Gasteiger partial charge on any atom is 0.258 e. The molecule has 1 aromatic heterocycles. The number of aromatic nitrogens is 1. The summed E-state index contributed by atoms with van der Waals surface area (Å²) >= 11 is 1.45. The van der Waals surface area contributed by atoms with Crippen molar-refractivity contribution in [3.05, 3.63) is 21.3 Å². The highest BCUT2D eigenvalue weighted by Crippen LogP contribution is 2.24. The zero-order chi connectivity index (χ0) is 8.43. The Labute approximate surface area is 70.4 Å². The van der Waals surface area contributed by atoms with Crippen LogP contribution < -0.4 is 5.56 Å². The molecule has 1 unspecified atom stereocenters. The molecule has 0 saturated heterocycles. The van der Waals surface area contributed by atoms with Crippen LogP contribution in [0.1, 0.15) is 31.6 Å². The molecule has 0 fully saturated rings. The van der Waals surface area contributed by atoms with Gasteiger partial charge in [-0.2, -0.15) is 0 Å². The molecule has 0 spiro atoms. The lowest BCUT2D eigenvalue weighted by Gasteiger charge is -2.11. The second kappa shape index (κ2) is 3.22. The maximum atomic E-state index is 10.8. The molecular formula is C8H13NOS. The molecule has 11 heavy (non-hydrogen) atoms. The van der Waals surface area contributed by atoms with Gasteiger partial charge in [0.2, 0.25) is 0 Å². The maximum absolute atomic E-state index is 10.8. The molecule has 1 aromatic rings. The number of aromatic amines is 1. The van der Waals surface area contributed by atoms with Gasteiger partial charge >= 0.3 is 0 Å². The quantitative estimate of drug-likeness (QED) is 0.727. The lowest BCUT2D eigenvalue weighted by atomic mass is 9.97. The summed E-state index contributed by atoms with van der Waals surface area (Å²) in [6.45, 7) is 6.47. The van der Waals surface area contributed by atoms with Gasteiger partial charge < -0.3 is 0 Å². The molecule has 2 nitrogen and oxygen atoms in total. The van der Waals surface area contributed by atoms with Gasteiger partial charge in [0.25, 0.3) is 5.56 Å². The highest BCUT2D eigenvalue weighted by Gasteiger charge is 2.11. The fraction of sp³-hybridized carbons (Fsp3) is 0.625. The van der Waals surface area contributed by atoms with E-state index in [0.29, 0.717) is 11.8 Å². The van der Waals surface area contributed by atoms with E-state index in [-0.39, 0.29) is 5.56 Å². The summed E-state index contributed by atoms with van der Waals surface area (Å²) in [5.74, 6) is 1.08. The number of hydrogen-bond acceptors (Lipinski definition) is 2. The Morgan fingerprint density at radius 1 is 1.45 bits per heavy atom. The van der Waals surface area contributed by atoms with Crippen LogP contribution in [-0.2, 0) is 0 Å². The average Bonchev–Trinajstić information content (AvgIpc) is 2.34. The fourth-order valence-electron chi connectivity index (χ4n) is 0.850. The molecule has 0 bridgehead atoms. The summed E-state index contributed by atoms with van der Waals surface area (Å²) in [5, 5.41) is 0. The van der Waals surface area contributed by atoms with Crippen molar-refractivity contribution in [1.29, 1.82) is 0 Å². The zero-order valence-corrected chi connectivity index (χ0v) is 7.87. The van der Waals surface area contributed by atoms with Crippen molar-refractivity contribution >= 4 is 11.5 Å². The molecule has 62 valence electrons. The standard InChI is InChI=1S/C8H13NOS/c1-5(2)6(3)7-4-8(10)9-11-7/h4-6H,1-3H3,(H,9,10). The number of rotatable bonds is 2. The summed E-state index contributed by atoms with van der Waals surface area (Å²) in [5.41, 5.74) is 0.0255. The van der Waals surface area contributed by atoms with Crippen molar-refractivity contribution in [3.8, 4) is 0 Å². The molecule has 1 heterocycles. The van der Waals surface area contributed by atoms with Crippen LogP contribution in [0.4, 0.5) is 0 Å². The normalized spacial score (nSPS) is 13.8. The Balaban J connectivity index is 2.84. The van der Waals surface area contributed by atoms with E-state index in [2.05, 4.69) is 25.1 Å². The van der Waals surface area contributed by atoms with Crippen LogP contribution >= 0.6 is 11.5 Å². The van der Waals surface area contributed by atoms with Gasteiger partial charge in [-0.25, -0.2) is 0 Å². The third kappa shape index (κ3) is 1.93. The van der Waals surface area contributed by atoms with E-state index < -0.39 is 0 Å². The first-order valence-corrected chi connectivity index (χ1v) is 4.61. The number of nitrogens with one attached hydrogen (secondary N) is 1. The minimum absolute atomic E-state index is 0.0255. The van der Waals surface area contributed by atoms with Crippen molar-refractivity contribution < 1.29 is 0 Å². The van der Waals surface area contributed by atoms with Crippen LogP contribution in [0.3, 0.4) is 0 Å². The first-order valence-electron chi connectivity index (χ1n) is 3.79. The fourth-order valence-corrected chi connectivity index (χ4v) is 1.75. The van der Waals surface area contributed by atoms with Crippen LogP contribution in [0.25, 0.3) is 0 Å². The Bertz CT molecular complexity index is 274. The molecular weight excluding hydrogens is 158 g/mol. The van der Waals surface area contributed by atoms with Crippen LogP contribution in [0.15, 0.2) is 10.9 Å².